The van der Waals surface area contributed by atoms with E-state index in [1.807, 2.05) is 24.3 Å². The number of hydrogen-bond donors (Lipinski definition) is 1. The van der Waals surface area contributed by atoms with Gasteiger partial charge in [-0.15, -0.1) is 0 Å². The van der Waals surface area contributed by atoms with E-state index in [0.29, 0.717) is 26.1 Å². The fourth-order valence-corrected chi connectivity index (χ4v) is 1.57. The molecule has 0 saturated heterocycles. The van der Waals surface area contributed by atoms with Crippen molar-refractivity contribution in [3.05, 3.63) is 24.3 Å². The first kappa shape index (κ1) is 10.8. The fourth-order valence-electron chi connectivity index (χ4n) is 1.57. The minimum absolute atomic E-state index is 0.0218. The third kappa shape index (κ3) is 2.65. The minimum atomic E-state index is 0.0218. The molecule has 0 amide bonds. The molecule has 2 rings (SSSR count). The summed E-state index contributed by atoms with van der Waals surface area (Å²) in [6.07, 6.45) is 0.540. The Morgan fingerprint density at radius 2 is 2.19 bits per heavy atom. The number of hydrogen-bond acceptors (Lipinski definition) is 4. The molecule has 1 aromatic carbocycles. The van der Waals surface area contributed by atoms with Gasteiger partial charge in [-0.1, -0.05) is 12.1 Å². The number of para-hydroxylation sites is 2. The van der Waals surface area contributed by atoms with Crippen LogP contribution < -0.4 is 14.8 Å². The third-order valence-corrected chi connectivity index (χ3v) is 2.35. The van der Waals surface area contributed by atoms with Gasteiger partial charge in [0.1, 0.15) is 12.7 Å². The number of ether oxygens (including phenoxy) is 2. The van der Waals surface area contributed by atoms with Crippen LogP contribution >= 0.6 is 0 Å². The topological polar surface area (TPSA) is 54.3 Å². The van der Waals surface area contributed by atoms with Gasteiger partial charge < -0.3 is 14.8 Å². The van der Waals surface area contributed by atoms with Gasteiger partial charge in [0.2, 0.25) is 0 Å². The van der Waals surface area contributed by atoms with Crippen LogP contribution in [0.25, 0.3) is 0 Å². The molecular weight excluding hydrogens is 204 g/mol. The molecule has 1 aliphatic heterocycles. The summed E-state index contributed by atoms with van der Waals surface area (Å²) in [7, 11) is 0. The number of fused-ring (bicyclic) bond motifs is 1. The number of nitrogens with zero attached hydrogens (tertiary/aromatic N) is 1. The quantitative estimate of drug-likeness (QED) is 0.775. The van der Waals surface area contributed by atoms with E-state index in [2.05, 4.69) is 11.4 Å². The molecule has 0 fully saturated rings. The first-order chi connectivity index (χ1) is 7.90. The largest absolute Gasteiger partial charge is 0.486 e. The molecule has 0 unspecified atom stereocenters. The summed E-state index contributed by atoms with van der Waals surface area (Å²) >= 11 is 0. The van der Waals surface area contributed by atoms with Crippen molar-refractivity contribution in [2.24, 2.45) is 0 Å². The summed E-state index contributed by atoms with van der Waals surface area (Å²) in [5.41, 5.74) is 0. The second-order valence-electron chi connectivity index (χ2n) is 3.61. The maximum absolute atomic E-state index is 8.39. The highest BCUT2D eigenvalue weighted by Gasteiger charge is 2.19. The molecule has 84 valence electrons. The molecule has 0 saturated carbocycles. The zero-order valence-corrected chi connectivity index (χ0v) is 8.98. The molecule has 4 nitrogen and oxygen atoms in total. The predicted molar refractivity (Wildman–Crippen MR) is 59.5 cm³/mol. The van der Waals surface area contributed by atoms with Crippen molar-refractivity contribution < 1.29 is 9.47 Å². The molecule has 0 radical (unpaired) electrons. The lowest BCUT2D eigenvalue weighted by atomic mass is 10.2. The summed E-state index contributed by atoms with van der Waals surface area (Å²) < 4.78 is 11.3. The van der Waals surface area contributed by atoms with Gasteiger partial charge in [-0.3, -0.25) is 0 Å². The molecular formula is C12H14N2O2. The molecule has 16 heavy (non-hydrogen) atoms. The van der Waals surface area contributed by atoms with Gasteiger partial charge >= 0.3 is 0 Å². The first-order valence-corrected chi connectivity index (χ1v) is 5.36. The average Bonchev–Trinajstić information content (AvgIpc) is 2.34. The van der Waals surface area contributed by atoms with Gasteiger partial charge in [0, 0.05) is 19.5 Å². The summed E-state index contributed by atoms with van der Waals surface area (Å²) in [4.78, 5) is 0. The van der Waals surface area contributed by atoms with E-state index in [4.69, 9.17) is 14.7 Å². The summed E-state index contributed by atoms with van der Waals surface area (Å²) in [5, 5.41) is 11.5. The Labute approximate surface area is 94.8 Å². The van der Waals surface area contributed by atoms with Crippen LogP contribution in [-0.2, 0) is 0 Å². The SMILES string of the molecule is N#CCCNC[C@@H]1COc2ccccc2O1. The third-order valence-electron chi connectivity index (χ3n) is 2.35. The minimum Gasteiger partial charge on any atom is -0.486 e. The van der Waals surface area contributed by atoms with Crippen molar-refractivity contribution >= 4 is 0 Å². The Balaban J connectivity index is 1.82. The Morgan fingerprint density at radius 1 is 1.38 bits per heavy atom. The number of benzene rings is 1. The van der Waals surface area contributed by atoms with Gasteiger partial charge in [-0.05, 0) is 12.1 Å². The highest BCUT2D eigenvalue weighted by molar-refractivity contribution is 5.40. The summed E-state index contributed by atoms with van der Waals surface area (Å²) in [6, 6.07) is 9.73. The van der Waals surface area contributed by atoms with Crippen molar-refractivity contribution in [1.29, 1.82) is 5.26 Å². The molecule has 1 heterocycles. The molecule has 4 heteroatoms. The van der Waals surface area contributed by atoms with Crippen LogP contribution in [0, 0.1) is 11.3 Å². The van der Waals surface area contributed by atoms with Crippen LogP contribution in [0.5, 0.6) is 11.5 Å². The summed E-state index contributed by atoms with van der Waals surface area (Å²) in [5.74, 6) is 1.59. The number of nitrogens with one attached hydrogen (secondary N) is 1. The van der Waals surface area contributed by atoms with Gasteiger partial charge in [-0.25, -0.2) is 0 Å². The molecule has 0 bridgehead atoms. The lowest BCUT2D eigenvalue weighted by Gasteiger charge is -2.26. The van der Waals surface area contributed by atoms with Crippen LogP contribution in [0.15, 0.2) is 24.3 Å². The van der Waals surface area contributed by atoms with Crippen molar-refractivity contribution in [2.75, 3.05) is 19.7 Å². The van der Waals surface area contributed by atoms with Crippen LogP contribution in [0.4, 0.5) is 0 Å². The second kappa shape index (κ2) is 5.38. The van der Waals surface area contributed by atoms with E-state index in [1.54, 1.807) is 0 Å². The van der Waals surface area contributed by atoms with Crippen molar-refractivity contribution in [2.45, 2.75) is 12.5 Å². The normalized spacial score (nSPS) is 17.8. The van der Waals surface area contributed by atoms with Crippen LogP contribution in [0.2, 0.25) is 0 Å². The van der Waals surface area contributed by atoms with Gasteiger partial charge in [-0.2, -0.15) is 5.26 Å². The molecule has 1 atom stereocenters. The Morgan fingerprint density at radius 3 is 3.00 bits per heavy atom. The lowest BCUT2D eigenvalue weighted by molar-refractivity contribution is 0.0907. The Hall–Kier alpha value is -1.73. The monoisotopic (exact) mass is 218 g/mol. The Bertz CT molecular complexity index is 387. The van der Waals surface area contributed by atoms with Crippen LogP contribution in [-0.4, -0.2) is 25.8 Å². The van der Waals surface area contributed by atoms with Gasteiger partial charge in [0.15, 0.2) is 11.5 Å². The van der Waals surface area contributed by atoms with E-state index >= 15 is 0 Å². The number of rotatable bonds is 4. The maximum atomic E-state index is 8.39. The lowest BCUT2D eigenvalue weighted by Crippen LogP contribution is -2.38. The molecule has 0 aliphatic carbocycles. The van der Waals surface area contributed by atoms with Crippen molar-refractivity contribution in [3.8, 4) is 17.6 Å². The van der Waals surface area contributed by atoms with Gasteiger partial charge in [0.25, 0.3) is 0 Å². The molecule has 0 spiro atoms. The standard InChI is InChI=1S/C12H14N2O2/c13-6-3-7-14-8-10-9-15-11-4-1-2-5-12(11)16-10/h1-2,4-5,10,14H,3,7-9H2/t10-/m1/s1. The van der Waals surface area contributed by atoms with E-state index in [-0.39, 0.29) is 6.10 Å². The highest BCUT2D eigenvalue weighted by Crippen LogP contribution is 2.30. The maximum Gasteiger partial charge on any atom is 0.161 e. The van der Waals surface area contributed by atoms with E-state index in [1.165, 1.54) is 0 Å². The molecule has 1 N–H and O–H groups in total. The molecule has 1 aliphatic rings. The zero-order chi connectivity index (χ0) is 11.2. The predicted octanol–water partition coefficient (Wildman–Crippen LogP) is 1.33. The van der Waals surface area contributed by atoms with E-state index in [0.717, 1.165) is 11.5 Å². The molecule has 1 aromatic rings. The first-order valence-electron chi connectivity index (χ1n) is 5.36. The zero-order valence-electron chi connectivity index (χ0n) is 8.98. The fraction of sp³-hybridized carbons (Fsp3) is 0.417. The van der Waals surface area contributed by atoms with Crippen LogP contribution in [0.3, 0.4) is 0 Å². The number of nitriles is 1. The smallest absolute Gasteiger partial charge is 0.161 e. The van der Waals surface area contributed by atoms with E-state index < -0.39 is 0 Å². The average molecular weight is 218 g/mol. The van der Waals surface area contributed by atoms with Crippen molar-refractivity contribution in [1.82, 2.24) is 5.32 Å². The summed E-state index contributed by atoms with van der Waals surface area (Å²) in [6.45, 7) is 1.95. The van der Waals surface area contributed by atoms with Gasteiger partial charge in [0.05, 0.1) is 6.07 Å². The highest BCUT2D eigenvalue weighted by atomic mass is 16.6. The van der Waals surface area contributed by atoms with Crippen molar-refractivity contribution in [3.63, 3.8) is 0 Å². The second-order valence-corrected chi connectivity index (χ2v) is 3.61. The van der Waals surface area contributed by atoms with E-state index in [9.17, 15) is 0 Å². The molecule has 0 aromatic heterocycles. The van der Waals surface area contributed by atoms with Crippen LogP contribution in [0.1, 0.15) is 6.42 Å². The Kier molecular flexibility index (Phi) is 3.62.